The van der Waals surface area contributed by atoms with Gasteiger partial charge in [-0.1, -0.05) is 41.4 Å². The molecule has 1 heterocycles. The first-order chi connectivity index (χ1) is 9.58. The maximum Gasteiger partial charge on any atom is 0.344 e. The average Bonchev–Trinajstić information content (AvgIpc) is 2.44. The first-order valence-electron chi connectivity index (χ1n) is 6.03. The van der Waals surface area contributed by atoms with Crippen LogP contribution < -0.4 is 10.5 Å². The third kappa shape index (κ3) is 2.09. The van der Waals surface area contributed by atoms with Crippen molar-refractivity contribution >= 4 is 34.1 Å². The van der Waals surface area contributed by atoms with Gasteiger partial charge in [-0.2, -0.15) is 0 Å². The molecule has 3 rings (SSSR count). The molecule has 1 aromatic heterocycles. The number of aromatic amines is 1. The molecule has 0 aliphatic carbocycles. The van der Waals surface area contributed by atoms with E-state index < -0.39 is 0 Å². The molecule has 0 aliphatic heterocycles. The molecule has 0 saturated heterocycles. The van der Waals surface area contributed by atoms with Gasteiger partial charge in [0.1, 0.15) is 10.9 Å². The lowest BCUT2D eigenvalue weighted by atomic mass is 10.0. The third-order valence-corrected chi connectivity index (χ3v) is 3.88. The molecule has 3 aromatic rings. The smallest absolute Gasteiger partial charge is 0.246 e. The Labute approximate surface area is 125 Å². The summed E-state index contributed by atoms with van der Waals surface area (Å²) in [6, 6.07) is 10.9. The Kier molecular flexibility index (Phi) is 3.24. The van der Waals surface area contributed by atoms with Crippen molar-refractivity contribution in [3.63, 3.8) is 0 Å². The van der Waals surface area contributed by atoms with E-state index in [1.807, 2.05) is 18.2 Å². The molecule has 0 radical (unpaired) electrons. The van der Waals surface area contributed by atoms with Crippen molar-refractivity contribution in [2.24, 2.45) is 7.05 Å². The molecule has 0 amide bonds. The molecule has 0 saturated carbocycles. The van der Waals surface area contributed by atoms with E-state index in [4.69, 9.17) is 23.2 Å². The van der Waals surface area contributed by atoms with Crippen LogP contribution >= 0.6 is 23.2 Å². The minimum Gasteiger partial charge on any atom is -0.246 e. The van der Waals surface area contributed by atoms with E-state index >= 15 is 0 Å². The number of aromatic nitrogens is 2. The fourth-order valence-electron chi connectivity index (χ4n) is 2.17. The van der Waals surface area contributed by atoms with E-state index in [9.17, 15) is 4.79 Å². The van der Waals surface area contributed by atoms with E-state index in [1.165, 1.54) is 4.57 Å². The van der Waals surface area contributed by atoms with Gasteiger partial charge in [0.2, 0.25) is 6.33 Å². The van der Waals surface area contributed by atoms with Gasteiger partial charge in [-0.3, -0.25) is 0 Å². The van der Waals surface area contributed by atoms with Crippen molar-refractivity contribution in [1.29, 1.82) is 0 Å². The first-order valence-corrected chi connectivity index (χ1v) is 6.79. The second-order valence-corrected chi connectivity index (χ2v) is 5.36. The van der Waals surface area contributed by atoms with Gasteiger partial charge in [-0.15, -0.1) is 0 Å². The molecule has 1 N–H and O–H groups in total. The lowest BCUT2D eigenvalue weighted by molar-refractivity contribution is -0.352. The summed E-state index contributed by atoms with van der Waals surface area (Å²) >= 11 is 12.5. The highest BCUT2D eigenvalue weighted by Gasteiger charge is 2.14. The number of nitrogens with zero attached hydrogens (tertiary/aromatic N) is 1. The topological polar surface area (TPSA) is 36.1 Å². The van der Waals surface area contributed by atoms with Crippen molar-refractivity contribution in [3.05, 3.63) is 63.1 Å². The van der Waals surface area contributed by atoms with Crippen LogP contribution in [-0.2, 0) is 7.05 Å². The second-order valence-electron chi connectivity index (χ2n) is 4.55. The molecule has 5 heteroatoms. The number of rotatable bonds is 1. The number of halogens is 2. The van der Waals surface area contributed by atoms with Crippen LogP contribution in [0.25, 0.3) is 22.0 Å². The Morgan fingerprint density at radius 2 is 1.80 bits per heavy atom. The monoisotopic (exact) mass is 305 g/mol. The Morgan fingerprint density at radius 3 is 2.55 bits per heavy atom. The molecule has 3 nitrogen and oxygen atoms in total. The fraction of sp³-hybridized carbons (Fsp3) is 0.0667. The van der Waals surface area contributed by atoms with Crippen LogP contribution in [0.4, 0.5) is 0 Å². The zero-order valence-electron chi connectivity index (χ0n) is 10.7. The predicted molar refractivity (Wildman–Crippen MR) is 81.2 cm³/mol. The van der Waals surface area contributed by atoms with Crippen molar-refractivity contribution in [2.75, 3.05) is 0 Å². The van der Waals surface area contributed by atoms with Gasteiger partial charge in [0.15, 0.2) is 0 Å². The molecule has 0 fully saturated rings. The highest BCUT2D eigenvalue weighted by Crippen LogP contribution is 2.34. The number of benzene rings is 2. The average molecular weight is 306 g/mol. The molecule has 20 heavy (non-hydrogen) atoms. The Bertz CT molecular complexity index is 871. The number of nitrogens with one attached hydrogen (secondary N) is 1. The van der Waals surface area contributed by atoms with Crippen LogP contribution in [0.3, 0.4) is 0 Å². The Balaban J connectivity index is 2.38. The molecular weight excluding hydrogens is 295 g/mol. The van der Waals surface area contributed by atoms with Gasteiger partial charge in [0.05, 0.1) is 12.1 Å². The van der Waals surface area contributed by atoms with Crippen molar-refractivity contribution < 1.29 is 4.98 Å². The summed E-state index contributed by atoms with van der Waals surface area (Å²) in [5.74, 6) is 0. The second kappa shape index (κ2) is 4.93. The summed E-state index contributed by atoms with van der Waals surface area (Å²) in [6.45, 7) is 0. The van der Waals surface area contributed by atoms with Crippen LogP contribution in [0.15, 0.2) is 47.5 Å². The van der Waals surface area contributed by atoms with Crippen LogP contribution in [0, 0.1) is 0 Å². The zero-order chi connectivity index (χ0) is 14.3. The van der Waals surface area contributed by atoms with E-state index in [0.29, 0.717) is 20.9 Å². The van der Waals surface area contributed by atoms with E-state index in [1.54, 1.807) is 31.6 Å². The van der Waals surface area contributed by atoms with E-state index in [-0.39, 0.29) is 5.56 Å². The molecule has 0 spiro atoms. The summed E-state index contributed by atoms with van der Waals surface area (Å²) in [7, 11) is 1.70. The summed E-state index contributed by atoms with van der Waals surface area (Å²) in [5.41, 5.74) is 2.19. The van der Waals surface area contributed by atoms with Crippen molar-refractivity contribution in [1.82, 2.24) is 4.57 Å². The summed E-state index contributed by atoms with van der Waals surface area (Å²) < 4.78 is 1.49. The molecule has 0 atom stereocenters. The number of aryl methyl sites for hydroxylation is 1. The summed E-state index contributed by atoms with van der Waals surface area (Å²) in [5, 5.41) is 1.73. The van der Waals surface area contributed by atoms with Crippen LogP contribution in [-0.4, -0.2) is 4.57 Å². The number of fused-ring (bicyclic) bond motifs is 1. The van der Waals surface area contributed by atoms with Crippen LogP contribution in [0.5, 0.6) is 0 Å². The minimum absolute atomic E-state index is 0.0799. The van der Waals surface area contributed by atoms with Gasteiger partial charge in [0.25, 0.3) is 0 Å². The van der Waals surface area contributed by atoms with Gasteiger partial charge in [-0.25, -0.2) is 14.3 Å². The number of hydrogen-bond acceptors (Lipinski definition) is 1. The van der Waals surface area contributed by atoms with Crippen LogP contribution in [0.2, 0.25) is 10.0 Å². The first kappa shape index (κ1) is 13.2. The van der Waals surface area contributed by atoms with Crippen molar-refractivity contribution in [2.45, 2.75) is 0 Å². The number of H-pyrrole nitrogens is 1. The molecule has 2 aromatic carbocycles. The summed E-state index contributed by atoms with van der Waals surface area (Å²) in [6.07, 6.45) is 1.61. The minimum atomic E-state index is -0.0799. The largest absolute Gasteiger partial charge is 0.344 e. The Morgan fingerprint density at radius 1 is 1.05 bits per heavy atom. The Hall–Kier alpha value is -1.84. The normalized spacial score (nSPS) is 10.9. The number of hydrogen-bond donors (Lipinski definition) is 0. The lowest BCUT2D eigenvalue weighted by Crippen LogP contribution is -2.23. The molecule has 0 aliphatic rings. The molecular formula is C15H11Cl2N2O+. The highest BCUT2D eigenvalue weighted by molar-refractivity contribution is 6.37. The molecule has 0 bridgehead atoms. The van der Waals surface area contributed by atoms with Gasteiger partial charge < -0.3 is 0 Å². The van der Waals surface area contributed by atoms with E-state index in [2.05, 4.69) is 4.98 Å². The predicted octanol–water partition coefficient (Wildman–Crippen LogP) is 3.33. The van der Waals surface area contributed by atoms with E-state index in [0.717, 1.165) is 11.1 Å². The van der Waals surface area contributed by atoms with Crippen LogP contribution in [0.1, 0.15) is 0 Å². The van der Waals surface area contributed by atoms with Gasteiger partial charge in [-0.05, 0) is 12.1 Å². The fourth-order valence-corrected chi connectivity index (χ4v) is 2.67. The quantitative estimate of drug-likeness (QED) is 0.679. The van der Waals surface area contributed by atoms with Gasteiger partial charge in [0, 0.05) is 22.2 Å². The highest BCUT2D eigenvalue weighted by atomic mass is 35.5. The van der Waals surface area contributed by atoms with Gasteiger partial charge >= 0.3 is 5.56 Å². The summed E-state index contributed by atoms with van der Waals surface area (Å²) in [4.78, 5) is 15.2. The maximum atomic E-state index is 12.2. The molecule has 0 unspecified atom stereocenters. The maximum absolute atomic E-state index is 12.2. The SMILES string of the molecule is Cn1c[nH+]c2cc(Cl)c(-c3ccccc3Cl)cc2c1=O. The standard InChI is InChI=1S/C15H10Cl2N2O/c1-19-8-18-14-7-13(17)10(6-11(14)15(19)20)9-4-2-3-5-12(9)16/h2-8H,1H3/p+1. The molecule has 100 valence electrons. The van der Waals surface area contributed by atoms with Crippen molar-refractivity contribution in [3.8, 4) is 11.1 Å². The third-order valence-electron chi connectivity index (χ3n) is 3.24. The lowest BCUT2D eigenvalue weighted by Gasteiger charge is -2.07. The zero-order valence-corrected chi connectivity index (χ0v) is 12.2.